The molecule has 1 aliphatic rings. The van der Waals surface area contributed by atoms with Gasteiger partial charge in [-0.25, -0.2) is 0 Å². The largest absolute Gasteiger partial charge is 0.334 e. The molecule has 0 bridgehead atoms. The molecule has 3 rings (SSSR count). The van der Waals surface area contributed by atoms with Gasteiger partial charge in [0.25, 0.3) is 11.6 Å². The lowest BCUT2D eigenvalue weighted by Gasteiger charge is -2.26. The lowest BCUT2D eigenvalue weighted by atomic mass is 9.79. The monoisotopic (exact) mass is 329 g/mol. The summed E-state index contributed by atoms with van der Waals surface area (Å²) in [5, 5.41) is 14.8. The van der Waals surface area contributed by atoms with E-state index in [0.717, 1.165) is 30.1 Å². The first-order valence-electron chi connectivity index (χ1n) is 8.75. The summed E-state index contributed by atoms with van der Waals surface area (Å²) >= 11 is 0. The molecule has 1 fully saturated rings. The second-order valence-electron chi connectivity index (χ2n) is 6.62. The Morgan fingerprint density at radius 3 is 2.54 bits per heavy atom. The maximum atomic E-state index is 10.7. The first kappa shape index (κ1) is 16.6. The number of benzene rings is 1. The van der Waals surface area contributed by atoms with Crippen LogP contribution in [0.1, 0.15) is 63.6 Å². The molecule has 0 saturated heterocycles. The topological polar surface area (TPSA) is 82.1 Å². The number of rotatable bonds is 6. The first-order valence-corrected chi connectivity index (χ1v) is 8.75. The zero-order valence-electron chi connectivity index (χ0n) is 14.0. The van der Waals surface area contributed by atoms with E-state index in [1.54, 1.807) is 12.1 Å². The highest BCUT2D eigenvalue weighted by Crippen LogP contribution is 2.37. The molecule has 1 aliphatic carbocycles. The van der Waals surface area contributed by atoms with Gasteiger partial charge in [-0.05, 0) is 43.7 Å². The summed E-state index contributed by atoms with van der Waals surface area (Å²) < 4.78 is 5.37. The van der Waals surface area contributed by atoms with Crippen LogP contribution in [0.5, 0.6) is 0 Å². The summed E-state index contributed by atoms with van der Waals surface area (Å²) in [4.78, 5) is 14.8. The summed E-state index contributed by atoms with van der Waals surface area (Å²) in [6, 6.07) is 6.21. The van der Waals surface area contributed by atoms with Gasteiger partial charge in [-0.2, -0.15) is 4.98 Å². The lowest BCUT2D eigenvalue weighted by Crippen LogP contribution is -2.14. The SMILES string of the molecule is CCCCC1CCC(c2noc(-c3ccc([N+](=O)[O-])cc3)n2)CC1. The van der Waals surface area contributed by atoms with Crippen molar-refractivity contribution in [1.29, 1.82) is 0 Å². The lowest BCUT2D eigenvalue weighted by molar-refractivity contribution is -0.384. The van der Waals surface area contributed by atoms with Crippen molar-refractivity contribution in [2.24, 2.45) is 5.92 Å². The van der Waals surface area contributed by atoms with Gasteiger partial charge in [0.1, 0.15) is 0 Å². The predicted octanol–water partition coefficient (Wildman–Crippen LogP) is 5.11. The molecule has 0 N–H and O–H groups in total. The van der Waals surface area contributed by atoms with Crippen molar-refractivity contribution in [3.05, 3.63) is 40.2 Å². The second-order valence-corrected chi connectivity index (χ2v) is 6.62. The van der Waals surface area contributed by atoms with Crippen LogP contribution in [0, 0.1) is 16.0 Å². The van der Waals surface area contributed by atoms with Gasteiger partial charge < -0.3 is 4.52 Å². The average molecular weight is 329 g/mol. The summed E-state index contributed by atoms with van der Waals surface area (Å²) in [5.74, 6) is 2.44. The maximum absolute atomic E-state index is 10.7. The molecule has 6 nitrogen and oxygen atoms in total. The summed E-state index contributed by atoms with van der Waals surface area (Å²) in [6.07, 6.45) is 8.65. The van der Waals surface area contributed by atoms with Crippen molar-refractivity contribution in [1.82, 2.24) is 10.1 Å². The Morgan fingerprint density at radius 1 is 1.21 bits per heavy atom. The Bertz CT molecular complexity index is 673. The number of non-ortho nitro benzene ring substituents is 1. The fraction of sp³-hybridized carbons (Fsp3) is 0.556. The molecule has 0 radical (unpaired) electrons. The van der Waals surface area contributed by atoms with Crippen molar-refractivity contribution in [2.75, 3.05) is 0 Å². The summed E-state index contributed by atoms with van der Waals surface area (Å²) in [5.41, 5.74) is 0.778. The third-order valence-corrected chi connectivity index (χ3v) is 4.94. The normalized spacial score (nSPS) is 20.9. The van der Waals surface area contributed by atoms with Crippen molar-refractivity contribution < 1.29 is 9.45 Å². The van der Waals surface area contributed by atoms with Crippen LogP contribution in [0.25, 0.3) is 11.5 Å². The minimum Gasteiger partial charge on any atom is -0.334 e. The second kappa shape index (κ2) is 7.55. The highest BCUT2D eigenvalue weighted by atomic mass is 16.6. The zero-order chi connectivity index (χ0) is 16.9. The Morgan fingerprint density at radius 2 is 1.92 bits per heavy atom. The van der Waals surface area contributed by atoms with E-state index < -0.39 is 4.92 Å². The van der Waals surface area contributed by atoms with Gasteiger partial charge >= 0.3 is 0 Å². The van der Waals surface area contributed by atoms with Crippen molar-refractivity contribution in [2.45, 2.75) is 57.8 Å². The quantitative estimate of drug-likeness (QED) is 0.543. The molecule has 0 unspecified atom stereocenters. The van der Waals surface area contributed by atoms with Crippen molar-refractivity contribution >= 4 is 5.69 Å². The van der Waals surface area contributed by atoms with Crippen molar-refractivity contribution in [3.8, 4) is 11.5 Å². The van der Waals surface area contributed by atoms with Crippen LogP contribution in [0.4, 0.5) is 5.69 Å². The summed E-state index contributed by atoms with van der Waals surface area (Å²) in [7, 11) is 0. The average Bonchev–Trinajstić information content (AvgIpc) is 3.10. The molecule has 1 heterocycles. The Balaban J connectivity index is 1.62. The van der Waals surface area contributed by atoms with Crippen LogP contribution in [0.3, 0.4) is 0 Å². The van der Waals surface area contributed by atoms with E-state index >= 15 is 0 Å². The van der Waals surface area contributed by atoms with E-state index in [1.165, 1.54) is 44.2 Å². The molecular formula is C18H23N3O3. The van der Waals surface area contributed by atoms with Gasteiger partial charge in [0, 0.05) is 23.6 Å². The third-order valence-electron chi connectivity index (χ3n) is 4.94. The fourth-order valence-electron chi connectivity index (χ4n) is 3.45. The number of unbranched alkanes of at least 4 members (excludes halogenated alkanes) is 1. The number of nitro groups is 1. The number of nitrogens with zero attached hydrogens (tertiary/aromatic N) is 3. The van der Waals surface area contributed by atoms with Crippen LogP contribution in [0.15, 0.2) is 28.8 Å². The number of hydrogen-bond acceptors (Lipinski definition) is 5. The first-order chi connectivity index (χ1) is 11.7. The smallest absolute Gasteiger partial charge is 0.269 e. The fourth-order valence-corrected chi connectivity index (χ4v) is 3.45. The van der Waals surface area contributed by atoms with Gasteiger partial charge in [-0.3, -0.25) is 10.1 Å². The predicted molar refractivity (Wildman–Crippen MR) is 90.6 cm³/mol. The molecule has 2 aromatic rings. The number of nitro benzene ring substituents is 1. The molecule has 0 spiro atoms. The molecule has 0 amide bonds. The van der Waals surface area contributed by atoms with Gasteiger partial charge in [-0.1, -0.05) is 31.3 Å². The molecule has 1 aromatic carbocycles. The van der Waals surface area contributed by atoms with Gasteiger partial charge in [0.05, 0.1) is 4.92 Å². The number of hydrogen-bond donors (Lipinski definition) is 0. The Hall–Kier alpha value is -2.24. The molecule has 0 aliphatic heterocycles. The molecule has 24 heavy (non-hydrogen) atoms. The minimum absolute atomic E-state index is 0.0592. The van der Waals surface area contributed by atoms with Crippen LogP contribution < -0.4 is 0 Å². The maximum Gasteiger partial charge on any atom is 0.269 e. The van der Waals surface area contributed by atoms with Crippen LogP contribution in [0.2, 0.25) is 0 Å². The molecular weight excluding hydrogens is 306 g/mol. The zero-order valence-corrected chi connectivity index (χ0v) is 14.0. The van der Waals surface area contributed by atoms with Crippen LogP contribution >= 0.6 is 0 Å². The van der Waals surface area contributed by atoms with Crippen LogP contribution in [-0.4, -0.2) is 15.1 Å². The van der Waals surface area contributed by atoms with Crippen molar-refractivity contribution in [3.63, 3.8) is 0 Å². The Labute approximate surface area is 141 Å². The molecule has 1 saturated carbocycles. The third kappa shape index (κ3) is 3.80. The number of aromatic nitrogens is 2. The van der Waals surface area contributed by atoms with E-state index in [0.29, 0.717) is 11.8 Å². The van der Waals surface area contributed by atoms with Gasteiger partial charge in [0.2, 0.25) is 0 Å². The van der Waals surface area contributed by atoms with Gasteiger partial charge in [0.15, 0.2) is 5.82 Å². The van der Waals surface area contributed by atoms with E-state index in [2.05, 4.69) is 17.1 Å². The molecule has 1 aromatic heterocycles. The van der Waals surface area contributed by atoms with E-state index in [9.17, 15) is 10.1 Å². The molecule has 6 heteroatoms. The van der Waals surface area contributed by atoms with Gasteiger partial charge in [-0.15, -0.1) is 0 Å². The van der Waals surface area contributed by atoms with E-state index in [4.69, 9.17) is 4.52 Å². The standard InChI is InChI=1S/C18H23N3O3/c1-2-3-4-13-5-7-14(8-6-13)17-19-18(24-20-17)15-9-11-16(12-10-15)21(22)23/h9-14H,2-8H2,1H3. The van der Waals surface area contributed by atoms with E-state index in [-0.39, 0.29) is 5.69 Å². The highest BCUT2D eigenvalue weighted by Gasteiger charge is 2.25. The Kier molecular flexibility index (Phi) is 5.23. The van der Waals surface area contributed by atoms with Crippen LogP contribution in [-0.2, 0) is 0 Å². The highest BCUT2D eigenvalue weighted by molar-refractivity contribution is 5.55. The molecule has 0 atom stereocenters. The summed E-state index contributed by atoms with van der Waals surface area (Å²) in [6.45, 7) is 2.24. The van der Waals surface area contributed by atoms with E-state index in [1.807, 2.05) is 0 Å². The molecule has 128 valence electrons. The minimum atomic E-state index is -0.417.